The SMILES string of the molecule is COc1ccc(-c2ccc(CC(C)(C)C)o2)c2[nH]cc(C(=O)C(=O)N3CCN(C(=O)c4ccccc4)CC3)c12. The van der Waals surface area contributed by atoms with Crippen molar-refractivity contribution in [3.05, 3.63) is 77.7 Å². The molecule has 1 aliphatic heterocycles. The lowest BCUT2D eigenvalue weighted by Gasteiger charge is -2.34. The van der Waals surface area contributed by atoms with Crippen molar-refractivity contribution in [2.24, 2.45) is 5.41 Å². The van der Waals surface area contributed by atoms with Gasteiger partial charge in [-0.05, 0) is 41.8 Å². The van der Waals surface area contributed by atoms with Crippen molar-refractivity contribution in [2.75, 3.05) is 33.3 Å². The number of furan rings is 1. The maximum atomic E-state index is 13.5. The topological polar surface area (TPSA) is 95.8 Å². The molecule has 0 saturated carbocycles. The first-order valence-electron chi connectivity index (χ1n) is 13.1. The van der Waals surface area contributed by atoms with Crippen LogP contribution in [0.25, 0.3) is 22.2 Å². The molecule has 39 heavy (non-hydrogen) atoms. The molecule has 1 N–H and O–H groups in total. The summed E-state index contributed by atoms with van der Waals surface area (Å²) in [6.07, 6.45) is 2.35. The molecule has 1 fully saturated rings. The standard InChI is InChI=1S/C31H33N3O5/c1-31(2,3)18-21-10-12-24(39-21)22-11-13-25(38-4)26-23(19-32-27(22)26)28(35)30(37)34-16-14-33(15-17-34)29(36)20-8-6-5-7-9-20/h5-13,19,32H,14-18H2,1-4H3. The highest BCUT2D eigenvalue weighted by Gasteiger charge is 2.31. The number of ether oxygens (including phenoxy) is 1. The molecule has 2 amide bonds. The first-order chi connectivity index (χ1) is 18.7. The fourth-order valence-corrected chi connectivity index (χ4v) is 5.05. The number of amides is 2. The van der Waals surface area contributed by atoms with E-state index >= 15 is 0 Å². The molecule has 0 bridgehead atoms. The number of methoxy groups -OCH3 is 1. The van der Waals surface area contributed by atoms with Crippen LogP contribution in [0.3, 0.4) is 0 Å². The van der Waals surface area contributed by atoms with Gasteiger partial charge in [-0.15, -0.1) is 0 Å². The Balaban J connectivity index is 1.36. The minimum absolute atomic E-state index is 0.0773. The van der Waals surface area contributed by atoms with Gasteiger partial charge in [0.15, 0.2) is 0 Å². The van der Waals surface area contributed by atoms with E-state index in [0.29, 0.717) is 41.1 Å². The van der Waals surface area contributed by atoms with Crippen LogP contribution in [0.1, 0.15) is 47.2 Å². The summed E-state index contributed by atoms with van der Waals surface area (Å²) in [7, 11) is 1.54. The number of hydrogen-bond donors (Lipinski definition) is 1. The molecule has 0 atom stereocenters. The van der Waals surface area contributed by atoms with Gasteiger partial charge < -0.3 is 23.9 Å². The number of Topliss-reactive ketones (excluding diaryl/α,β-unsaturated/α-hetero) is 1. The summed E-state index contributed by atoms with van der Waals surface area (Å²) in [5, 5.41) is 0.542. The number of carbonyl (C=O) groups excluding carboxylic acids is 3. The third kappa shape index (κ3) is 5.32. The first kappa shape index (κ1) is 26.3. The van der Waals surface area contributed by atoms with E-state index < -0.39 is 11.7 Å². The highest BCUT2D eigenvalue weighted by atomic mass is 16.5. The Morgan fingerprint density at radius 2 is 1.62 bits per heavy atom. The number of hydrogen-bond acceptors (Lipinski definition) is 5. The van der Waals surface area contributed by atoms with Gasteiger partial charge in [-0.2, -0.15) is 0 Å². The van der Waals surface area contributed by atoms with E-state index in [4.69, 9.17) is 9.15 Å². The fraction of sp³-hybridized carbons (Fsp3) is 0.323. The van der Waals surface area contributed by atoms with Crippen molar-refractivity contribution in [1.82, 2.24) is 14.8 Å². The molecule has 2 aromatic heterocycles. The van der Waals surface area contributed by atoms with E-state index in [1.165, 1.54) is 12.0 Å². The van der Waals surface area contributed by atoms with Crippen LogP contribution in [-0.4, -0.2) is 65.7 Å². The number of aromatic amines is 1. The molecule has 1 aliphatic rings. The predicted octanol–water partition coefficient (Wildman–Crippen LogP) is 5.19. The van der Waals surface area contributed by atoms with Gasteiger partial charge in [0, 0.05) is 49.9 Å². The number of nitrogens with zero attached hydrogens (tertiary/aromatic N) is 2. The van der Waals surface area contributed by atoms with Crippen LogP contribution in [0.2, 0.25) is 0 Å². The highest BCUT2D eigenvalue weighted by molar-refractivity contribution is 6.45. The number of H-pyrrole nitrogens is 1. The Morgan fingerprint density at radius 1 is 0.923 bits per heavy atom. The third-order valence-electron chi connectivity index (χ3n) is 6.96. The van der Waals surface area contributed by atoms with Crippen LogP contribution >= 0.6 is 0 Å². The normalized spacial score (nSPS) is 14.1. The summed E-state index contributed by atoms with van der Waals surface area (Å²) in [5.41, 5.74) is 2.39. The van der Waals surface area contributed by atoms with Crippen molar-refractivity contribution < 1.29 is 23.5 Å². The zero-order chi connectivity index (χ0) is 27.7. The number of nitrogens with one attached hydrogen (secondary N) is 1. The molecular weight excluding hydrogens is 494 g/mol. The Labute approximate surface area is 227 Å². The Morgan fingerprint density at radius 3 is 2.28 bits per heavy atom. The number of benzene rings is 2. The quantitative estimate of drug-likeness (QED) is 0.275. The first-order valence-corrected chi connectivity index (χ1v) is 13.1. The molecule has 5 rings (SSSR count). The van der Waals surface area contributed by atoms with Gasteiger partial charge in [-0.1, -0.05) is 39.0 Å². The molecule has 0 unspecified atom stereocenters. The maximum absolute atomic E-state index is 13.5. The maximum Gasteiger partial charge on any atom is 0.295 e. The number of carbonyl (C=O) groups is 3. The molecule has 0 radical (unpaired) electrons. The van der Waals surface area contributed by atoms with Gasteiger partial charge in [0.2, 0.25) is 0 Å². The van der Waals surface area contributed by atoms with Gasteiger partial charge in [0.25, 0.3) is 17.6 Å². The highest BCUT2D eigenvalue weighted by Crippen LogP contribution is 2.37. The Hall–Kier alpha value is -4.33. The number of piperazine rings is 1. The zero-order valence-corrected chi connectivity index (χ0v) is 22.7. The van der Waals surface area contributed by atoms with Crippen LogP contribution in [0, 0.1) is 5.41 Å². The molecule has 2 aromatic carbocycles. The van der Waals surface area contributed by atoms with E-state index in [1.54, 1.807) is 29.3 Å². The largest absolute Gasteiger partial charge is 0.496 e. The molecule has 1 saturated heterocycles. The second-order valence-corrected chi connectivity index (χ2v) is 11.1. The minimum Gasteiger partial charge on any atom is -0.496 e. The minimum atomic E-state index is -0.618. The number of aromatic nitrogens is 1. The van der Waals surface area contributed by atoms with E-state index in [9.17, 15) is 14.4 Å². The summed E-state index contributed by atoms with van der Waals surface area (Å²) >= 11 is 0. The van der Waals surface area contributed by atoms with Crippen molar-refractivity contribution in [3.63, 3.8) is 0 Å². The van der Waals surface area contributed by atoms with Crippen LogP contribution in [0.5, 0.6) is 5.75 Å². The Bertz CT molecular complexity index is 1520. The van der Waals surface area contributed by atoms with Gasteiger partial charge in [0.1, 0.15) is 17.3 Å². The van der Waals surface area contributed by atoms with Crippen molar-refractivity contribution in [2.45, 2.75) is 27.2 Å². The van der Waals surface area contributed by atoms with Crippen LogP contribution in [0.15, 0.2) is 65.2 Å². The summed E-state index contributed by atoms with van der Waals surface area (Å²) < 4.78 is 11.7. The Kier molecular flexibility index (Phi) is 7.04. The van der Waals surface area contributed by atoms with Gasteiger partial charge >= 0.3 is 0 Å². The smallest absolute Gasteiger partial charge is 0.295 e. The van der Waals surface area contributed by atoms with E-state index in [2.05, 4.69) is 25.8 Å². The average Bonchev–Trinajstić information content (AvgIpc) is 3.58. The van der Waals surface area contributed by atoms with E-state index in [0.717, 1.165) is 17.7 Å². The van der Waals surface area contributed by atoms with Crippen LogP contribution in [-0.2, 0) is 11.2 Å². The molecular formula is C31H33N3O5. The lowest BCUT2D eigenvalue weighted by atomic mass is 9.91. The predicted molar refractivity (Wildman–Crippen MR) is 149 cm³/mol. The third-order valence-corrected chi connectivity index (χ3v) is 6.96. The molecule has 3 heterocycles. The molecule has 202 valence electrons. The molecule has 8 heteroatoms. The van der Waals surface area contributed by atoms with Crippen molar-refractivity contribution in [1.29, 1.82) is 0 Å². The molecule has 8 nitrogen and oxygen atoms in total. The van der Waals surface area contributed by atoms with Gasteiger partial charge in [-0.3, -0.25) is 14.4 Å². The van der Waals surface area contributed by atoms with E-state index in [1.807, 2.05) is 36.4 Å². The number of fused-ring (bicyclic) bond motifs is 1. The monoisotopic (exact) mass is 527 g/mol. The number of rotatable bonds is 6. The van der Waals surface area contributed by atoms with Crippen LogP contribution in [0.4, 0.5) is 0 Å². The lowest BCUT2D eigenvalue weighted by Crippen LogP contribution is -2.52. The molecule has 0 aliphatic carbocycles. The summed E-state index contributed by atoms with van der Waals surface area (Å²) in [4.78, 5) is 45.9. The van der Waals surface area contributed by atoms with Gasteiger partial charge in [0.05, 0.1) is 23.6 Å². The van der Waals surface area contributed by atoms with Crippen molar-refractivity contribution >= 4 is 28.5 Å². The van der Waals surface area contributed by atoms with Crippen molar-refractivity contribution in [3.8, 4) is 17.1 Å². The summed E-state index contributed by atoms with van der Waals surface area (Å²) in [6.45, 7) is 7.77. The summed E-state index contributed by atoms with van der Waals surface area (Å²) in [5.74, 6) is 0.753. The van der Waals surface area contributed by atoms with Gasteiger partial charge in [-0.25, -0.2) is 0 Å². The lowest BCUT2D eigenvalue weighted by molar-refractivity contribution is -0.127. The second-order valence-electron chi connectivity index (χ2n) is 11.1. The average molecular weight is 528 g/mol. The number of ketones is 1. The zero-order valence-electron chi connectivity index (χ0n) is 22.7. The van der Waals surface area contributed by atoms with Crippen LogP contribution < -0.4 is 4.74 Å². The molecule has 4 aromatic rings. The van der Waals surface area contributed by atoms with E-state index in [-0.39, 0.29) is 30.0 Å². The summed E-state index contributed by atoms with van der Waals surface area (Å²) in [6, 6.07) is 16.6. The molecule has 0 spiro atoms. The second kappa shape index (κ2) is 10.4. The fourth-order valence-electron chi connectivity index (χ4n) is 5.05.